The Morgan fingerprint density at radius 3 is 1.83 bits per heavy atom. The lowest BCUT2D eigenvalue weighted by Crippen LogP contribution is -2.01. The van der Waals surface area contributed by atoms with Crippen molar-refractivity contribution < 1.29 is 8.83 Å². The molecule has 10 rings (SSSR count). The van der Waals surface area contributed by atoms with E-state index in [2.05, 4.69) is 84.9 Å². The third-order valence-electron chi connectivity index (χ3n) is 9.12. The lowest BCUT2D eigenvalue weighted by molar-refractivity contribution is 0.669. The number of nitrogens with zero attached hydrogens (tertiary/aromatic N) is 3. The van der Waals surface area contributed by atoms with Crippen LogP contribution in [0.1, 0.15) is 0 Å². The van der Waals surface area contributed by atoms with E-state index in [0.717, 1.165) is 82.5 Å². The van der Waals surface area contributed by atoms with Crippen LogP contribution >= 0.6 is 0 Å². The molecule has 0 aliphatic rings. The third-order valence-corrected chi connectivity index (χ3v) is 9.12. The molecule has 5 nitrogen and oxygen atoms in total. The summed E-state index contributed by atoms with van der Waals surface area (Å²) in [5, 5.41) is 6.18. The first-order valence-corrected chi connectivity index (χ1v) is 15.9. The first kappa shape index (κ1) is 26.6. The van der Waals surface area contributed by atoms with Crippen molar-refractivity contribution in [2.24, 2.45) is 0 Å². The molecule has 48 heavy (non-hydrogen) atoms. The average molecular weight is 616 g/mol. The van der Waals surface area contributed by atoms with Gasteiger partial charge in [-0.25, -0.2) is 15.0 Å². The van der Waals surface area contributed by atoms with Gasteiger partial charge in [-0.2, -0.15) is 0 Å². The van der Waals surface area contributed by atoms with Gasteiger partial charge in [-0.05, 0) is 46.8 Å². The molecule has 0 N–H and O–H groups in total. The fourth-order valence-electron chi connectivity index (χ4n) is 6.90. The average Bonchev–Trinajstić information content (AvgIpc) is 3.74. The van der Waals surface area contributed by atoms with Gasteiger partial charge < -0.3 is 8.83 Å². The summed E-state index contributed by atoms with van der Waals surface area (Å²) in [6.07, 6.45) is 0. The number of aromatic nitrogens is 3. The maximum atomic E-state index is 6.73. The van der Waals surface area contributed by atoms with E-state index in [-0.39, 0.29) is 0 Å². The van der Waals surface area contributed by atoms with Crippen LogP contribution in [0, 0.1) is 0 Å². The fourth-order valence-corrected chi connectivity index (χ4v) is 6.90. The van der Waals surface area contributed by atoms with Gasteiger partial charge in [0.25, 0.3) is 0 Å². The lowest BCUT2D eigenvalue weighted by atomic mass is 9.97. The summed E-state index contributed by atoms with van der Waals surface area (Å²) in [5.74, 6) is 1.74. The molecular formula is C43H25N3O2. The molecule has 0 atom stereocenters. The van der Waals surface area contributed by atoms with Crippen LogP contribution in [0.4, 0.5) is 0 Å². The zero-order chi connectivity index (χ0) is 31.6. The summed E-state index contributed by atoms with van der Waals surface area (Å²) in [6, 6.07) is 51.5. The zero-order valence-electron chi connectivity index (χ0n) is 25.6. The molecule has 5 heteroatoms. The summed E-state index contributed by atoms with van der Waals surface area (Å²) >= 11 is 0. The van der Waals surface area contributed by atoms with E-state index in [1.165, 1.54) is 0 Å². The predicted octanol–water partition coefficient (Wildman–Crippen LogP) is 11.5. The molecule has 10 aromatic rings. The van der Waals surface area contributed by atoms with Gasteiger partial charge in [0.15, 0.2) is 17.5 Å². The largest absolute Gasteiger partial charge is 0.456 e. The lowest BCUT2D eigenvalue weighted by Gasteiger charge is -2.11. The van der Waals surface area contributed by atoms with Crippen LogP contribution in [0.15, 0.2) is 160 Å². The van der Waals surface area contributed by atoms with Crippen LogP contribution in [0.2, 0.25) is 0 Å². The number of furan rings is 2. The second-order valence-electron chi connectivity index (χ2n) is 12.0. The summed E-state index contributed by atoms with van der Waals surface area (Å²) in [5.41, 5.74) is 8.02. The van der Waals surface area contributed by atoms with Gasteiger partial charge in [0.1, 0.15) is 22.3 Å². The van der Waals surface area contributed by atoms with Crippen LogP contribution in [0.5, 0.6) is 0 Å². The molecular weight excluding hydrogens is 590 g/mol. The molecule has 224 valence electrons. The number of fused-ring (bicyclic) bond motifs is 8. The number of hydrogen-bond acceptors (Lipinski definition) is 5. The van der Waals surface area contributed by atoms with E-state index in [9.17, 15) is 0 Å². The zero-order valence-corrected chi connectivity index (χ0v) is 25.6. The Morgan fingerprint density at radius 1 is 0.354 bits per heavy atom. The van der Waals surface area contributed by atoms with Gasteiger partial charge in [0.2, 0.25) is 0 Å². The molecule has 3 heterocycles. The van der Waals surface area contributed by atoms with E-state index in [1.54, 1.807) is 0 Å². The standard InChI is InChI=1S/C43H25N3O2/c1-3-12-26(13-4-1)29-24-34(39-32-23-22-27-14-7-8-17-30(27)40(32)48-37(39)25-29)43-45-41(28-15-5-2-6-16-28)44-42(46-43)33-19-11-21-36-38(33)31-18-9-10-20-35(31)47-36/h1-25H. The molecule has 0 aliphatic heterocycles. The third kappa shape index (κ3) is 4.15. The normalized spacial score (nSPS) is 11.8. The van der Waals surface area contributed by atoms with Gasteiger partial charge in [-0.3, -0.25) is 0 Å². The Kier molecular flexibility index (Phi) is 5.81. The Bertz CT molecular complexity index is 2840. The van der Waals surface area contributed by atoms with Crippen LogP contribution in [0.3, 0.4) is 0 Å². The van der Waals surface area contributed by atoms with Gasteiger partial charge in [0.05, 0.1) is 0 Å². The van der Waals surface area contributed by atoms with E-state index in [1.807, 2.05) is 66.7 Å². The molecule has 0 radical (unpaired) electrons. The van der Waals surface area contributed by atoms with E-state index >= 15 is 0 Å². The second-order valence-corrected chi connectivity index (χ2v) is 12.0. The minimum absolute atomic E-state index is 0.572. The molecule has 0 saturated carbocycles. The predicted molar refractivity (Wildman–Crippen MR) is 194 cm³/mol. The minimum Gasteiger partial charge on any atom is -0.456 e. The molecule has 0 spiro atoms. The quantitative estimate of drug-likeness (QED) is 0.197. The van der Waals surface area contributed by atoms with Crippen molar-refractivity contribution in [2.75, 3.05) is 0 Å². The summed E-state index contributed by atoms with van der Waals surface area (Å²) < 4.78 is 13.0. The highest BCUT2D eigenvalue weighted by atomic mass is 16.3. The highest BCUT2D eigenvalue weighted by Gasteiger charge is 2.22. The van der Waals surface area contributed by atoms with Crippen molar-refractivity contribution in [2.45, 2.75) is 0 Å². The first-order chi connectivity index (χ1) is 23.8. The Morgan fingerprint density at radius 2 is 1.00 bits per heavy atom. The molecule has 0 bridgehead atoms. The van der Waals surface area contributed by atoms with Crippen LogP contribution in [0.25, 0.3) is 99.9 Å². The van der Waals surface area contributed by atoms with Crippen molar-refractivity contribution >= 4 is 54.6 Å². The maximum absolute atomic E-state index is 6.73. The van der Waals surface area contributed by atoms with Gasteiger partial charge in [-0.1, -0.05) is 121 Å². The van der Waals surface area contributed by atoms with E-state index < -0.39 is 0 Å². The van der Waals surface area contributed by atoms with Crippen molar-refractivity contribution in [1.82, 2.24) is 15.0 Å². The summed E-state index contributed by atoms with van der Waals surface area (Å²) in [7, 11) is 0. The Hall–Kier alpha value is -6.59. The highest BCUT2D eigenvalue weighted by Crippen LogP contribution is 2.42. The Labute approximate surface area is 274 Å². The second kappa shape index (κ2) is 10.5. The van der Waals surface area contributed by atoms with Crippen LogP contribution in [-0.4, -0.2) is 15.0 Å². The summed E-state index contributed by atoms with van der Waals surface area (Å²) in [4.78, 5) is 15.5. The molecule has 0 aliphatic carbocycles. The Balaban J connectivity index is 1.32. The number of benzene rings is 7. The van der Waals surface area contributed by atoms with Crippen molar-refractivity contribution in [3.63, 3.8) is 0 Å². The van der Waals surface area contributed by atoms with Gasteiger partial charge in [-0.15, -0.1) is 0 Å². The van der Waals surface area contributed by atoms with Gasteiger partial charge in [0, 0.05) is 43.6 Å². The van der Waals surface area contributed by atoms with Crippen LogP contribution < -0.4 is 0 Å². The molecule has 7 aromatic carbocycles. The minimum atomic E-state index is 0.572. The number of para-hydroxylation sites is 1. The molecule has 0 fully saturated rings. The van der Waals surface area contributed by atoms with Crippen molar-refractivity contribution in [3.05, 3.63) is 152 Å². The molecule has 3 aromatic heterocycles. The van der Waals surface area contributed by atoms with E-state index in [0.29, 0.717) is 17.5 Å². The van der Waals surface area contributed by atoms with Crippen molar-refractivity contribution in [1.29, 1.82) is 0 Å². The van der Waals surface area contributed by atoms with E-state index in [4.69, 9.17) is 23.8 Å². The maximum Gasteiger partial charge on any atom is 0.164 e. The number of hydrogen-bond donors (Lipinski definition) is 0. The summed E-state index contributed by atoms with van der Waals surface area (Å²) in [6.45, 7) is 0. The number of rotatable bonds is 4. The molecule has 0 amide bonds. The smallest absolute Gasteiger partial charge is 0.164 e. The highest BCUT2D eigenvalue weighted by molar-refractivity contribution is 6.19. The SMILES string of the molecule is c1ccc(-c2cc(-c3nc(-c4ccccc4)nc(-c4cccc5oc6ccccc6c45)n3)c3c(c2)oc2c4ccccc4ccc23)cc1. The molecule has 0 saturated heterocycles. The van der Waals surface area contributed by atoms with Gasteiger partial charge >= 0.3 is 0 Å². The van der Waals surface area contributed by atoms with Crippen LogP contribution in [-0.2, 0) is 0 Å². The monoisotopic (exact) mass is 615 g/mol. The molecule has 0 unspecified atom stereocenters. The fraction of sp³-hybridized carbons (Fsp3) is 0. The topological polar surface area (TPSA) is 65.0 Å². The first-order valence-electron chi connectivity index (χ1n) is 15.9. The van der Waals surface area contributed by atoms with Crippen molar-refractivity contribution in [3.8, 4) is 45.3 Å².